The molecular weight excluding hydrogens is 261 g/mol. The molecule has 0 heterocycles. The fourth-order valence-corrected chi connectivity index (χ4v) is 1.40. The lowest BCUT2D eigenvalue weighted by Gasteiger charge is -2.10. The van der Waals surface area contributed by atoms with E-state index >= 15 is 0 Å². The highest BCUT2D eigenvalue weighted by atomic mass is 79.9. The second-order valence-electron chi connectivity index (χ2n) is 3.84. The van der Waals surface area contributed by atoms with Crippen molar-refractivity contribution in [3.05, 3.63) is 22.4 Å². The smallest absolute Gasteiger partial charge is 0.143 e. The lowest BCUT2D eigenvalue weighted by molar-refractivity contribution is 0.290. The van der Waals surface area contributed by atoms with Crippen LogP contribution in [0.25, 0.3) is 0 Å². The summed E-state index contributed by atoms with van der Waals surface area (Å²) in [6.07, 6.45) is 0.953. The SMILES string of the molecule is CC(C)CCOc1cc(Br)c(F)cc1N. The molecule has 0 unspecified atom stereocenters. The van der Waals surface area contributed by atoms with Crippen molar-refractivity contribution < 1.29 is 9.13 Å². The summed E-state index contributed by atoms with van der Waals surface area (Å²) in [6, 6.07) is 2.82. The number of halogens is 2. The number of benzene rings is 1. The van der Waals surface area contributed by atoms with Crippen LogP contribution >= 0.6 is 15.9 Å². The summed E-state index contributed by atoms with van der Waals surface area (Å²) >= 11 is 3.09. The van der Waals surface area contributed by atoms with Gasteiger partial charge in [-0.3, -0.25) is 0 Å². The first-order valence-electron chi connectivity index (χ1n) is 4.88. The highest BCUT2D eigenvalue weighted by Gasteiger charge is 2.07. The van der Waals surface area contributed by atoms with Gasteiger partial charge in [-0.15, -0.1) is 0 Å². The van der Waals surface area contributed by atoms with Crippen LogP contribution in [0.4, 0.5) is 10.1 Å². The molecule has 0 bridgehead atoms. The highest BCUT2D eigenvalue weighted by Crippen LogP contribution is 2.28. The summed E-state index contributed by atoms with van der Waals surface area (Å²) in [4.78, 5) is 0. The van der Waals surface area contributed by atoms with Crippen LogP contribution in [0.15, 0.2) is 16.6 Å². The van der Waals surface area contributed by atoms with Gasteiger partial charge in [0, 0.05) is 6.07 Å². The molecule has 0 saturated heterocycles. The number of nitrogen functional groups attached to an aromatic ring is 1. The van der Waals surface area contributed by atoms with Crippen molar-refractivity contribution >= 4 is 21.6 Å². The van der Waals surface area contributed by atoms with Crippen molar-refractivity contribution in [2.75, 3.05) is 12.3 Å². The summed E-state index contributed by atoms with van der Waals surface area (Å²) in [5.74, 6) is 0.739. The van der Waals surface area contributed by atoms with E-state index in [-0.39, 0.29) is 5.82 Å². The minimum Gasteiger partial charge on any atom is -0.491 e. The third-order valence-corrected chi connectivity index (χ3v) is 2.61. The third-order valence-electron chi connectivity index (χ3n) is 2.01. The molecule has 0 aliphatic rings. The van der Waals surface area contributed by atoms with Crippen molar-refractivity contribution in [2.45, 2.75) is 20.3 Å². The lowest BCUT2D eigenvalue weighted by atomic mass is 10.1. The molecule has 15 heavy (non-hydrogen) atoms. The molecule has 0 radical (unpaired) electrons. The van der Waals surface area contributed by atoms with E-state index in [0.717, 1.165) is 6.42 Å². The molecule has 0 amide bonds. The van der Waals surface area contributed by atoms with Gasteiger partial charge in [0.15, 0.2) is 0 Å². The molecule has 2 nitrogen and oxygen atoms in total. The Labute approximate surface area is 97.7 Å². The lowest BCUT2D eigenvalue weighted by Crippen LogP contribution is -2.03. The maximum absolute atomic E-state index is 13.0. The molecular formula is C11H15BrFNO. The van der Waals surface area contributed by atoms with Crippen LogP contribution in [-0.4, -0.2) is 6.61 Å². The molecule has 0 fully saturated rings. The topological polar surface area (TPSA) is 35.2 Å². The second-order valence-corrected chi connectivity index (χ2v) is 4.69. The van der Waals surface area contributed by atoms with Crippen LogP contribution in [0.1, 0.15) is 20.3 Å². The van der Waals surface area contributed by atoms with Gasteiger partial charge in [-0.2, -0.15) is 0 Å². The minimum absolute atomic E-state index is 0.333. The molecule has 84 valence electrons. The fourth-order valence-electron chi connectivity index (χ4n) is 1.07. The third kappa shape index (κ3) is 3.70. The number of anilines is 1. The first kappa shape index (κ1) is 12.3. The van der Waals surface area contributed by atoms with Gasteiger partial charge >= 0.3 is 0 Å². The van der Waals surface area contributed by atoms with Gasteiger partial charge in [-0.1, -0.05) is 13.8 Å². The minimum atomic E-state index is -0.372. The Hall–Kier alpha value is -0.770. The highest BCUT2D eigenvalue weighted by molar-refractivity contribution is 9.10. The average Bonchev–Trinajstić information content (AvgIpc) is 2.13. The average molecular weight is 276 g/mol. The van der Waals surface area contributed by atoms with E-state index in [1.165, 1.54) is 6.07 Å². The van der Waals surface area contributed by atoms with Crippen molar-refractivity contribution in [2.24, 2.45) is 5.92 Å². The predicted octanol–water partition coefficient (Wildman–Crippen LogP) is 3.60. The van der Waals surface area contributed by atoms with E-state index < -0.39 is 0 Å². The number of nitrogens with two attached hydrogens (primary N) is 1. The van der Waals surface area contributed by atoms with Gasteiger partial charge in [0.25, 0.3) is 0 Å². The number of hydrogen-bond acceptors (Lipinski definition) is 2. The van der Waals surface area contributed by atoms with E-state index in [1.54, 1.807) is 6.07 Å². The summed E-state index contributed by atoms with van der Waals surface area (Å²) < 4.78 is 18.9. The standard InChI is InChI=1S/C11H15BrFNO/c1-7(2)3-4-15-11-5-8(12)9(13)6-10(11)14/h5-7H,3-4,14H2,1-2H3. The van der Waals surface area contributed by atoms with Crippen LogP contribution in [-0.2, 0) is 0 Å². The van der Waals surface area contributed by atoms with E-state index in [1.807, 2.05) is 0 Å². The van der Waals surface area contributed by atoms with Gasteiger partial charge in [0.05, 0.1) is 16.8 Å². The molecule has 0 aliphatic heterocycles. The fraction of sp³-hybridized carbons (Fsp3) is 0.455. The predicted molar refractivity (Wildman–Crippen MR) is 63.5 cm³/mol. The second kappa shape index (κ2) is 5.35. The maximum Gasteiger partial charge on any atom is 0.143 e. The Morgan fingerprint density at radius 2 is 2.13 bits per heavy atom. The van der Waals surface area contributed by atoms with E-state index in [0.29, 0.717) is 28.4 Å². The van der Waals surface area contributed by atoms with E-state index in [9.17, 15) is 4.39 Å². The Morgan fingerprint density at radius 3 is 2.73 bits per heavy atom. The molecule has 1 rings (SSSR count). The summed E-state index contributed by atoms with van der Waals surface area (Å²) in [6.45, 7) is 4.83. The Kier molecular flexibility index (Phi) is 4.39. The van der Waals surface area contributed by atoms with Crippen LogP contribution in [0, 0.1) is 11.7 Å². The molecule has 0 atom stereocenters. The van der Waals surface area contributed by atoms with Crippen molar-refractivity contribution in [1.82, 2.24) is 0 Å². The van der Waals surface area contributed by atoms with Crippen molar-refractivity contribution in [3.63, 3.8) is 0 Å². The van der Waals surface area contributed by atoms with Crippen molar-refractivity contribution in [3.8, 4) is 5.75 Å². The summed E-state index contributed by atoms with van der Waals surface area (Å²) in [5, 5.41) is 0. The first-order valence-corrected chi connectivity index (χ1v) is 5.67. The summed E-state index contributed by atoms with van der Waals surface area (Å²) in [5.41, 5.74) is 5.95. The quantitative estimate of drug-likeness (QED) is 0.853. The van der Waals surface area contributed by atoms with Gasteiger partial charge in [0.1, 0.15) is 11.6 Å². The zero-order chi connectivity index (χ0) is 11.4. The van der Waals surface area contributed by atoms with Crippen LogP contribution in [0.3, 0.4) is 0 Å². The Bertz CT molecular complexity index is 342. The zero-order valence-corrected chi connectivity index (χ0v) is 10.5. The van der Waals surface area contributed by atoms with Crippen molar-refractivity contribution in [1.29, 1.82) is 0 Å². The zero-order valence-electron chi connectivity index (χ0n) is 8.89. The normalized spacial score (nSPS) is 10.7. The largest absolute Gasteiger partial charge is 0.491 e. The van der Waals surface area contributed by atoms with Crippen LogP contribution in [0.5, 0.6) is 5.75 Å². The van der Waals surface area contributed by atoms with E-state index in [2.05, 4.69) is 29.8 Å². The number of rotatable bonds is 4. The molecule has 0 aromatic heterocycles. The molecule has 2 N–H and O–H groups in total. The maximum atomic E-state index is 13.0. The van der Waals surface area contributed by atoms with Gasteiger partial charge < -0.3 is 10.5 Å². The molecule has 1 aromatic carbocycles. The van der Waals surface area contributed by atoms with Crippen LogP contribution in [0.2, 0.25) is 0 Å². The summed E-state index contributed by atoms with van der Waals surface area (Å²) in [7, 11) is 0. The molecule has 4 heteroatoms. The molecule has 1 aromatic rings. The Morgan fingerprint density at radius 1 is 1.47 bits per heavy atom. The van der Waals surface area contributed by atoms with Crippen LogP contribution < -0.4 is 10.5 Å². The molecule has 0 aliphatic carbocycles. The Balaban J connectivity index is 2.65. The molecule has 0 spiro atoms. The van der Waals surface area contributed by atoms with Gasteiger partial charge in [0.2, 0.25) is 0 Å². The monoisotopic (exact) mass is 275 g/mol. The number of ether oxygens (including phenoxy) is 1. The van der Waals surface area contributed by atoms with Gasteiger partial charge in [-0.05, 0) is 34.3 Å². The van der Waals surface area contributed by atoms with Gasteiger partial charge in [-0.25, -0.2) is 4.39 Å². The molecule has 0 saturated carbocycles. The van der Waals surface area contributed by atoms with E-state index in [4.69, 9.17) is 10.5 Å². The number of hydrogen-bond donors (Lipinski definition) is 1. The first-order chi connectivity index (χ1) is 7.00.